The lowest BCUT2D eigenvalue weighted by molar-refractivity contribution is -0.116. The molecule has 4 rings (SSSR count). The Balaban J connectivity index is 1.35. The van der Waals surface area contributed by atoms with E-state index in [2.05, 4.69) is 16.4 Å². The SMILES string of the molecule is CCOc1cccc(CCC(=O)Nc2sc3c(c2C#N)CCN(C(=O)OCc2ccccn2)C3)c1. The number of benzene rings is 1. The van der Waals surface area contributed by atoms with Crippen LogP contribution in [0.3, 0.4) is 0 Å². The first-order valence-electron chi connectivity index (χ1n) is 11.4. The smallest absolute Gasteiger partial charge is 0.410 e. The number of thiophene rings is 1. The summed E-state index contributed by atoms with van der Waals surface area (Å²) in [5.74, 6) is 0.625. The van der Waals surface area contributed by atoms with Crippen molar-refractivity contribution < 1.29 is 19.1 Å². The van der Waals surface area contributed by atoms with Crippen LogP contribution >= 0.6 is 11.3 Å². The maximum absolute atomic E-state index is 12.6. The molecular formula is C26H26N4O4S. The van der Waals surface area contributed by atoms with Crippen molar-refractivity contribution in [2.75, 3.05) is 18.5 Å². The average Bonchev–Trinajstić information content (AvgIpc) is 3.23. The lowest BCUT2D eigenvalue weighted by atomic mass is 10.0. The maximum atomic E-state index is 12.6. The third-order valence-electron chi connectivity index (χ3n) is 5.60. The molecule has 0 saturated heterocycles. The molecular weight excluding hydrogens is 464 g/mol. The molecule has 180 valence electrons. The highest BCUT2D eigenvalue weighted by Gasteiger charge is 2.28. The Kier molecular flexibility index (Phi) is 7.95. The van der Waals surface area contributed by atoms with Gasteiger partial charge in [-0.2, -0.15) is 5.26 Å². The van der Waals surface area contributed by atoms with Crippen LogP contribution in [0.25, 0.3) is 0 Å². The van der Waals surface area contributed by atoms with E-state index >= 15 is 0 Å². The number of rotatable bonds is 8. The lowest BCUT2D eigenvalue weighted by Crippen LogP contribution is -2.35. The zero-order chi connectivity index (χ0) is 24.6. The first kappa shape index (κ1) is 24.2. The van der Waals surface area contributed by atoms with Crippen molar-refractivity contribution in [3.63, 3.8) is 0 Å². The third-order valence-corrected chi connectivity index (χ3v) is 6.73. The number of ether oxygens (including phenoxy) is 2. The number of carbonyl (C=O) groups excluding carboxylic acids is 2. The van der Waals surface area contributed by atoms with Crippen LogP contribution in [0.4, 0.5) is 9.80 Å². The Morgan fingerprint density at radius 2 is 2.14 bits per heavy atom. The van der Waals surface area contributed by atoms with Gasteiger partial charge in [-0.25, -0.2) is 4.79 Å². The number of aryl methyl sites for hydroxylation is 1. The summed E-state index contributed by atoms with van der Waals surface area (Å²) in [5.41, 5.74) is 3.07. The van der Waals surface area contributed by atoms with Crippen LogP contribution in [0.1, 0.15) is 40.6 Å². The molecule has 1 aromatic carbocycles. The molecule has 0 atom stereocenters. The molecule has 0 radical (unpaired) electrons. The molecule has 1 aliphatic heterocycles. The van der Waals surface area contributed by atoms with Crippen molar-refractivity contribution in [2.45, 2.75) is 39.3 Å². The van der Waals surface area contributed by atoms with Gasteiger partial charge in [0.05, 0.1) is 24.4 Å². The molecule has 3 aromatic rings. The molecule has 0 saturated carbocycles. The monoisotopic (exact) mass is 490 g/mol. The average molecular weight is 491 g/mol. The summed E-state index contributed by atoms with van der Waals surface area (Å²) in [6, 6.07) is 15.4. The first-order valence-corrected chi connectivity index (χ1v) is 12.3. The number of anilines is 1. The van der Waals surface area contributed by atoms with E-state index in [1.54, 1.807) is 23.2 Å². The fourth-order valence-corrected chi connectivity index (χ4v) is 5.11. The van der Waals surface area contributed by atoms with Crippen molar-refractivity contribution in [1.82, 2.24) is 9.88 Å². The summed E-state index contributed by atoms with van der Waals surface area (Å²) in [6.45, 7) is 3.41. The predicted molar refractivity (Wildman–Crippen MR) is 132 cm³/mol. The van der Waals surface area contributed by atoms with Crippen molar-refractivity contribution in [3.05, 3.63) is 75.9 Å². The van der Waals surface area contributed by atoms with Crippen molar-refractivity contribution in [1.29, 1.82) is 5.26 Å². The summed E-state index contributed by atoms with van der Waals surface area (Å²) in [5, 5.41) is 13.2. The summed E-state index contributed by atoms with van der Waals surface area (Å²) < 4.78 is 10.9. The van der Waals surface area contributed by atoms with Gasteiger partial charge in [0.2, 0.25) is 5.91 Å². The molecule has 2 amide bonds. The van der Waals surface area contributed by atoms with E-state index in [9.17, 15) is 14.9 Å². The van der Waals surface area contributed by atoms with Gasteiger partial charge in [0.1, 0.15) is 23.4 Å². The number of fused-ring (bicyclic) bond motifs is 1. The van der Waals surface area contributed by atoms with E-state index in [0.717, 1.165) is 21.8 Å². The molecule has 0 bridgehead atoms. The second kappa shape index (κ2) is 11.5. The Morgan fingerprint density at radius 1 is 1.26 bits per heavy atom. The standard InChI is InChI=1S/C26H26N4O4S/c1-2-33-20-8-5-6-18(14-20)9-10-24(31)29-25-22(15-27)21-11-13-30(16-23(21)35-25)26(32)34-17-19-7-3-4-12-28-19/h3-8,12,14H,2,9-11,13,16-17H2,1H3,(H,29,31). The number of hydrogen-bond donors (Lipinski definition) is 1. The summed E-state index contributed by atoms with van der Waals surface area (Å²) in [7, 11) is 0. The number of aromatic nitrogens is 1. The molecule has 0 fully saturated rings. The summed E-state index contributed by atoms with van der Waals surface area (Å²) >= 11 is 1.34. The Bertz CT molecular complexity index is 1240. The Labute approximate surface area is 208 Å². The molecule has 8 nitrogen and oxygen atoms in total. The van der Waals surface area contributed by atoms with Crippen LogP contribution in [0, 0.1) is 11.3 Å². The van der Waals surface area contributed by atoms with Crippen LogP contribution in [0.2, 0.25) is 0 Å². The number of nitrogens with one attached hydrogen (secondary N) is 1. The zero-order valence-electron chi connectivity index (χ0n) is 19.5. The summed E-state index contributed by atoms with van der Waals surface area (Å²) in [4.78, 5) is 31.8. The number of carbonyl (C=O) groups is 2. The van der Waals surface area contributed by atoms with Crippen LogP contribution in [0.5, 0.6) is 5.75 Å². The molecule has 1 N–H and O–H groups in total. The van der Waals surface area contributed by atoms with Gasteiger partial charge in [-0.1, -0.05) is 18.2 Å². The number of amides is 2. The van der Waals surface area contributed by atoms with Crippen LogP contribution in [0.15, 0.2) is 48.7 Å². The first-order chi connectivity index (χ1) is 17.1. The Hall–Kier alpha value is -3.90. The lowest BCUT2D eigenvalue weighted by Gasteiger charge is -2.26. The second-order valence-electron chi connectivity index (χ2n) is 8.00. The number of hydrogen-bond acceptors (Lipinski definition) is 7. The zero-order valence-corrected chi connectivity index (χ0v) is 20.3. The molecule has 0 spiro atoms. The topological polar surface area (TPSA) is 105 Å². The molecule has 9 heteroatoms. The number of nitriles is 1. The Morgan fingerprint density at radius 3 is 2.91 bits per heavy atom. The highest BCUT2D eigenvalue weighted by Crippen LogP contribution is 2.37. The molecule has 35 heavy (non-hydrogen) atoms. The largest absolute Gasteiger partial charge is 0.494 e. The molecule has 0 aliphatic carbocycles. The minimum absolute atomic E-state index is 0.103. The number of pyridine rings is 1. The minimum Gasteiger partial charge on any atom is -0.494 e. The van der Waals surface area contributed by atoms with E-state index in [0.29, 0.717) is 48.8 Å². The van der Waals surface area contributed by atoms with Gasteiger partial charge in [-0.05, 0) is 55.2 Å². The summed E-state index contributed by atoms with van der Waals surface area (Å²) in [6.07, 6.45) is 2.62. The van der Waals surface area contributed by atoms with E-state index in [1.807, 2.05) is 37.3 Å². The fourth-order valence-electron chi connectivity index (χ4n) is 3.88. The van der Waals surface area contributed by atoms with E-state index < -0.39 is 6.09 Å². The van der Waals surface area contributed by atoms with Crippen LogP contribution in [-0.2, 0) is 35.5 Å². The van der Waals surface area contributed by atoms with Gasteiger partial charge in [0.25, 0.3) is 0 Å². The second-order valence-corrected chi connectivity index (χ2v) is 9.10. The molecule has 3 heterocycles. The minimum atomic E-state index is -0.423. The van der Waals surface area contributed by atoms with Gasteiger partial charge in [0.15, 0.2) is 0 Å². The number of nitrogens with zero attached hydrogens (tertiary/aromatic N) is 3. The fraction of sp³-hybridized carbons (Fsp3) is 0.308. The van der Waals surface area contributed by atoms with E-state index in [4.69, 9.17) is 9.47 Å². The van der Waals surface area contributed by atoms with Gasteiger partial charge in [-0.15, -0.1) is 11.3 Å². The van der Waals surface area contributed by atoms with Crippen molar-refractivity contribution in [2.24, 2.45) is 0 Å². The quantitative estimate of drug-likeness (QED) is 0.492. The molecule has 1 aliphatic rings. The normalized spacial score (nSPS) is 12.4. The van der Waals surface area contributed by atoms with Crippen LogP contribution in [-0.4, -0.2) is 35.0 Å². The van der Waals surface area contributed by atoms with E-state index in [-0.39, 0.29) is 18.9 Å². The van der Waals surface area contributed by atoms with E-state index in [1.165, 1.54) is 11.3 Å². The maximum Gasteiger partial charge on any atom is 0.410 e. The van der Waals surface area contributed by atoms with Gasteiger partial charge in [0, 0.05) is 24.0 Å². The van der Waals surface area contributed by atoms with Crippen molar-refractivity contribution in [3.8, 4) is 11.8 Å². The van der Waals surface area contributed by atoms with Gasteiger partial charge in [-0.3, -0.25) is 9.78 Å². The van der Waals surface area contributed by atoms with Crippen LogP contribution < -0.4 is 10.1 Å². The highest BCUT2D eigenvalue weighted by molar-refractivity contribution is 7.16. The van der Waals surface area contributed by atoms with Crippen molar-refractivity contribution >= 4 is 28.3 Å². The third kappa shape index (κ3) is 6.16. The predicted octanol–water partition coefficient (Wildman–Crippen LogP) is 4.68. The molecule has 2 aromatic heterocycles. The van der Waals surface area contributed by atoms with Gasteiger partial charge >= 0.3 is 6.09 Å². The van der Waals surface area contributed by atoms with Gasteiger partial charge < -0.3 is 19.7 Å². The highest BCUT2D eigenvalue weighted by atomic mass is 32.1. The molecule has 0 unspecified atom stereocenters.